The van der Waals surface area contributed by atoms with Gasteiger partial charge in [0, 0.05) is 6.07 Å². The van der Waals surface area contributed by atoms with Gasteiger partial charge < -0.3 is 10.4 Å². The van der Waals surface area contributed by atoms with Gasteiger partial charge in [-0.05, 0) is 6.07 Å². The zero-order valence-electron chi connectivity index (χ0n) is 8.41. The first kappa shape index (κ1) is 10.9. The smallest absolute Gasteiger partial charge is 0.395 e. The molecule has 8 heteroatoms. The Balaban J connectivity index is 2.52. The molecule has 0 saturated carbocycles. The SMILES string of the molecule is O=C(O)C(=O)N1CNc2cccc([N+](=O)[O-])c21. The van der Waals surface area contributed by atoms with Gasteiger partial charge in [0.2, 0.25) is 0 Å². The minimum absolute atomic E-state index is 0.00935. The van der Waals surface area contributed by atoms with E-state index in [2.05, 4.69) is 5.32 Å². The van der Waals surface area contributed by atoms with Crippen LogP contribution in [0.5, 0.6) is 0 Å². The number of nitrogens with one attached hydrogen (secondary N) is 1. The van der Waals surface area contributed by atoms with Crippen molar-refractivity contribution in [3.05, 3.63) is 28.3 Å². The number of hydrogen-bond acceptors (Lipinski definition) is 5. The third-order valence-electron chi connectivity index (χ3n) is 2.34. The van der Waals surface area contributed by atoms with Crippen molar-refractivity contribution in [2.75, 3.05) is 16.9 Å². The first-order valence-electron chi connectivity index (χ1n) is 4.58. The molecule has 17 heavy (non-hydrogen) atoms. The van der Waals surface area contributed by atoms with Crippen LogP contribution in [0, 0.1) is 10.1 Å². The van der Waals surface area contributed by atoms with Gasteiger partial charge in [0.05, 0.1) is 17.3 Å². The van der Waals surface area contributed by atoms with Crippen LogP contribution < -0.4 is 10.2 Å². The van der Waals surface area contributed by atoms with Crippen LogP contribution >= 0.6 is 0 Å². The largest absolute Gasteiger partial charge is 0.474 e. The molecule has 0 radical (unpaired) electrons. The van der Waals surface area contributed by atoms with Gasteiger partial charge in [-0.1, -0.05) is 6.07 Å². The van der Waals surface area contributed by atoms with Crippen molar-refractivity contribution in [2.24, 2.45) is 0 Å². The Morgan fingerprint density at radius 1 is 1.47 bits per heavy atom. The normalized spacial score (nSPS) is 12.8. The predicted molar refractivity (Wildman–Crippen MR) is 56.7 cm³/mol. The fourth-order valence-corrected chi connectivity index (χ4v) is 1.64. The van der Waals surface area contributed by atoms with E-state index in [4.69, 9.17) is 5.11 Å². The summed E-state index contributed by atoms with van der Waals surface area (Å²) in [7, 11) is 0. The molecule has 2 N–H and O–H groups in total. The molecular weight excluding hydrogens is 230 g/mol. The molecule has 1 aliphatic heterocycles. The molecule has 0 bridgehead atoms. The molecular formula is C9H7N3O5. The fraction of sp³-hybridized carbons (Fsp3) is 0.111. The van der Waals surface area contributed by atoms with Crippen LogP contribution in [0.2, 0.25) is 0 Å². The van der Waals surface area contributed by atoms with Crippen molar-refractivity contribution in [1.82, 2.24) is 0 Å². The fourth-order valence-electron chi connectivity index (χ4n) is 1.64. The van der Waals surface area contributed by atoms with Crippen LogP contribution in [-0.4, -0.2) is 28.6 Å². The number of aliphatic carboxylic acids is 1. The number of fused-ring (bicyclic) bond motifs is 1. The Kier molecular flexibility index (Phi) is 2.39. The van der Waals surface area contributed by atoms with Gasteiger partial charge in [-0.25, -0.2) is 4.79 Å². The number of nitro groups is 1. The van der Waals surface area contributed by atoms with Crippen LogP contribution in [0.3, 0.4) is 0 Å². The lowest BCUT2D eigenvalue weighted by molar-refractivity contribution is -0.384. The summed E-state index contributed by atoms with van der Waals surface area (Å²) in [5.74, 6) is -2.86. The lowest BCUT2D eigenvalue weighted by Crippen LogP contribution is -2.36. The van der Waals surface area contributed by atoms with Crippen molar-refractivity contribution in [1.29, 1.82) is 0 Å². The number of para-hydroxylation sites is 1. The number of amides is 1. The Labute approximate surface area is 94.6 Å². The second-order valence-corrected chi connectivity index (χ2v) is 3.30. The summed E-state index contributed by atoms with van der Waals surface area (Å²) in [5.41, 5.74) is 0.0563. The Morgan fingerprint density at radius 2 is 2.18 bits per heavy atom. The average Bonchev–Trinajstić information content (AvgIpc) is 2.70. The van der Waals surface area contributed by atoms with Gasteiger partial charge >= 0.3 is 11.9 Å². The number of carboxylic acids is 1. The number of benzene rings is 1. The van der Waals surface area contributed by atoms with Crippen molar-refractivity contribution < 1.29 is 19.6 Å². The Hall–Kier alpha value is -2.64. The molecule has 1 aromatic rings. The van der Waals surface area contributed by atoms with E-state index in [0.29, 0.717) is 5.69 Å². The van der Waals surface area contributed by atoms with E-state index in [1.807, 2.05) is 0 Å². The van der Waals surface area contributed by atoms with Gasteiger partial charge in [0.1, 0.15) is 5.69 Å². The predicted octanol–water partition coefficient (Wildman–Crippen LogP) is 0.395. The molecule has 0 aliphatic carbocycles. The highest BCUT2D eigenvalue weighted by Gasteiger charge is 2.34. The van der Waals surface area contributed by atoms with Gasteiger partial charge in [0.15, 0.2) is 0 Å². The summed E-state index contributed by atoms with van der Waals surface area (Å²) in [5, 5.41) is 22.1. The van der Waals surface area contributed by atoms with Crippen molar-refractivity contribution in [3.63, 3.8) is 0 Å². The third kappa shape index (κ3) is 1.65. The monoisotopic (exact) mass is 237 g/mol. The number of carboxylic acid groups (broad SMARTS) is 1. The number of nitrogens with zero attached hydrogens (tertiary/aromatic N) is 2. The summed E-state index contributed by atoms with van der Waals surface area (Å²) in [4.78, 5) is 32.9. The maximum Gasteiger partial charge on any atom is 0.395 e. The molecule has 1 aromatic carbocycles. The van der Waals surface area contributed by atoms with Crippen LogP contribution in [0.15, 0.2) is 18.2 Å². The second kappa shape index (κ2) is 3.74. The zero-order chi connectivity index (χ0) is 12.6. The van der Waals surface area contributed by atoms with Crippen molar-refractivity contribution in [3.8, 4) is 0 Å². The van der Waals surface area contributed by atoms with Gasteiger partial charge in [-0.2, -0.15) is 0 Å². The van der Waals surface area contributed by atoms with Crippen molar-refractivity contribution >= 4 is 28.9 Å². The summed E-state index contributed by atoms with van der Waals surface area (Å²) >= 11 is 0. The van der Waals surface area contributed by atoms with E-state index in [-0.39, 0.29) is 18.0 Å². The van der Waals surface area contributed by atoms with E-state index in [0.717, 1.165) is 4.90 Å². The molecule has 88 valence electrons. The minimum Gasteiger partial charge on any atom is -0.474 e. The molecule has 1 heterocycles. The molecule has 8 nitrogen and oxygen atoms in total. The molecule has 2 rings (SSSR count). The molecule has 0 fully saturated rings. The Bertz CT molecular complexity index is 527. The van der Waals surface area contributed by atoms with Crippen LogP contribution in [0.1, 0.15) is 0 Å². The highest BCUT2D eigenvalue weighted by atomic mass is 16.6. The topological polar surface area (TPSA) is 113 Å². The molecule has 1 aliphatic rings. The molecule has 0 unspecified atom stereocenters. The molecule has 1 amide bonds. The summed E-state index contributed by atoms with van der Waals surface area (Å²) in [6.45, 7) is -0.0919. The molecule has 0 spiro atoms. The van der Waals surface area contributed by atoms with E-state index in [1.54, 1.807) is 0 Å². The van der Waals surface area contributed by atoms with Gasteiger partial charge in [-0.3, -0.25) is 19.8 Å². The molecule has 0 aromatic heterocycles. The maximum absolute atomic E-state index is 11.3. The van der Waals surface area contributed by atoms with E-state index >= 15 is 0 Å². The van der Waals surface area contributed by atoms with Crippen LogP contribution in [0.25, 0.3) is 0 Å². The minimum atomic E-state index is -1.65. The van der Waals surface area contributed by atoms with Gasteiger partial charge in [-0.15, -0.1) is 0 Å². The van der Waals surface area contributed by atoms with Gasteiger partial charge in [0.25, 0.3) is 5.69 Å². The van der Waals surface area contributed by atoms with E-state index in [1.165, 1.54) is 18.2 Å². The highest BCUT2D eigenvalue weighted by Crippen LogP contribution is 2.39. The summed E-state index contributed by atoms with van der Waals surface area (Å²) in [6.07, 6.45) is 0. The summed E-state index contributed by atoms with van der Waals surface area (Å²) < 4.78 is 0. The third-order valence-corrected chi connectivity index (χ3v) is 2.34. The van der Waals surface area contributed by atoms with E-state index in [9.17, 15) is 19.7 Å². The molecule has 0 atom stereocenters. The van der Waals surface area contributed by atoms with Crippen LogP contribution in [-0.2, 0) is 9.59 Å². The number of carbonyl (C=O) groups is 2. The van der Waals surface area contributed by atoms with Crippen molar-refractivity contribution in [2.45, 2.75) is 0 Å². The first-order chi connectivity index (χ1) is 8.02. The molecule has 0 saturated heterocycles. The number of hydrogen-bond donors (Lipinski definition) is 2. The maximum atomic E-state index is 11.3. The number of carbonyl (C=O) groups excluding carboxylic acids is 1. The Morgan fingerprint density at radius 3 is 2.76 bits per heavy atom. The first-order valence-corrected chi connectivity index (χ1v) is 4.58. The number of nitro benzene ring substituents is 1. The van der Waals surface area contributed by atoms with E-state index < -0.39 is 16.8 Å². The zero-order valence-corrected chi connectivity index (χ0v) is 8.41. The number of anilines is 2. The quantitative estimate of drug-likeness (QED) is 0.415. The lowest BCUT2D eigenvalue weighted by atomic mass is 10.2. The standard InChI is InChI=1S/C9H7N3O5/c13-8(9(14)15)11-4-10-5-2-1-3-6(7(5)11)12(16)17/h1-3,10H,4H2,(H,14,15). The second-order valence-electron chi connectivity index (χ2n) is 3.30. The average molecular weight is 237 g/mol. The van der Waals surface area contributed by atoms with Crippen LogP contribution in [0.4, 0.5) is 17.1 Å². The lowest BCUT2D eigenvalue weighted by Gasteiger charge is -2.12. The summed E-state index contributed by atoms with van der Waals surface area (Å²) in [6, 6.07) is 4.21. The highest BCUT2D eigenvalue weighted by molar-refractivity contribution is 6.38. The number of rotatable bonds is 1.